The van der Waals surface area contributed by atoms with E-state index >= 15 is 0 Å². The Morgan fingerprint density at radius 2 is 2.11 bits per heavy atom. The highest BCUT2D eigenvalue weighted by Crippen LogP contribution is 2.29. The first kappa shape index (κ1) is 13.0. The smallest absolute Gasteiger partial charge is 0.340 e. The zero-order valence-electron chi connectivity index (χ0n) is 9.80. The Labute approximate surface area is 107 Å². The second-order valence-electron chi connectivity index (χ2n) is 4.25. The van der Waals surface area contributed by atoms with Crippen LogP contribution in [0, 0.1) is 11.7 Å². The zero-order valence-corrected chi connectivity index (χ0v) is 9.80. The number of carbonyl (C=O) groups excluding carboxylic acids is 2. The number of carboxylic acids is 1. The van der Waals surface area contributed by atoms with Gasteiger partial charge in [0.1, 0.15) is 11.4 Å². The quantitative estimate of drug-likeness (QED) is 0.824. The Hall–Kier alpha value is -2.44. The predicted octanol–water partition coefficient (Wildman–Crippen LogP) is 0.362. The van der Waals surface area contributed by atoms with Crippen LogP contribution in [0.5, 0.6) is 0 Å². The van der Waals surface area contributed by atoms with E-state index in [0.29, 0.717) is 0 Å². The molecular formula is C12H11FN2O4. The number of hydrogen-bond acceptors (Lipinski definition) is 3. The number of aromatic carboxylic acids is 1. The van der Waals surface area contributed by atoms with E-state index in [1.54, 1.807) is 0 Å². The van der Waals surface area contributed by atoms with Crippen molar-refractivity contribution in [2.45, 2.75) is 6.42 Å². The molecule has 0 spiro atoms. The van der Waals surface area contributed by atoms with Crippen molar-refractivity contribution < 1.29 is 23.9 Å². The van der Waals surface area contributed by atoms with Crippen LogP contribution in [0.2, 0.25) is 0 Å². The van der Waals surface area contributed by atoms with Crippen LogP contribution in [-0.4, -0.2) is 29.4 Å². The monoisotopic (exact) mass is 266 g/mol. The molecule has 6 nitrogen and oxygen atoms in total. The molecule has 1 aliphatic rings. The van der Waals surface area contributed by atoms with Gasteiger partial charge in [0.2, 0.25) is 11.8 Å². The van der Waals surface area contributed by atoms with Gasteiger partial charge in [-0.2, -0.15) is 0 Å². The van der Waals surface area contributed by atoms with Crippen molar-refractivity contribution in [2.75, 3.05) is 11.4 Å². The molecule has 1 aromatic carbocycles. The van der Waals surface area contributed by atoms with Crippen molar-refractivity contribution in [2.24, 2.45) is 11.7 Å². The van der Waals surface area contributed by atoms with Gasteiger partial charge in [-0.25, -0.2) is 9.18 Å². The molecule has 1 unspecified atom stereocenters. The van der Waals surface area contributed by atoms with Crippen LogP contribution in [0.1, 0.15) is 16.8 Å². The maximum absolute atomic E-state index is 13.5. The summed E-state index contributed by atoms with van der Waals surface area (Å²) in [5, 5.41) is 9.00. The Morgan fingerprint density at radius 1 is 1.42 bits per heavy atom. The molecule has 0 bridgehead atoms. The third-order valence-corrected chi connectivity index (χ3v) is 3.02. The molecule has 1 atom stereocenters. The first-order valence-corrected chi connectivity index (χ1v) is 5.53. The molecule has 7 heteroatoms. The third kappa shape index (κ3) is 2.26. The topological polar surface area (TPSA) is 101 Å². The normalized spacial score (nSPS) is 18.7. The largest absolute Gasteiger partial charge is 0.478 e. The molecule has 1 saturated heterocycles. The molecule has 1 aromatic rings. The van der Waals surface area contributed by atoms with Crippen LogP contribution < -0.4 is 10.6 Å². The van der Waals surface area contributed by atoms with Gasteiger partial charge in [-0.3, -0.25) is 9.59 Å². The fourth-order valence-electron chi connectivity index (χ4n) is 2.08. The highest BCUT2D eigenvalue weighted by molar-refractivity contribution is 6.05. The van der Waals surface area contributed by atoms with Crippen LogP contribution >= 0.6 is 0 Å². The molecule has 3 N–H and O–H groups in total. The van der Waals surface area contributed by atoms with Gasteiger partial charge in [0, 0.05) is 13.0 Å². The van der Waals surface area contributed by atoms with Gasteiger partial charge in [-0.05, 0) is 12.1 Å². The summed E-state index contributed by atoms with van der Waals surface area (Å²) in [4.78, 5) is 35.0. The summed E-state index contributed by atoms with van der Waals surface area (Å²) < 4.78 is 13.5. The summed E-state index contributed by atoms with van der Waals surface area (Å²) in [6.07, 6.45) is -0.0924. The van der Waals surface area contributed by atoms with E-state index in [0.717, 1.165) is 11.0 Å². The molecule has 0 aromatic heterocycles. The van der Waals surface area contributed by atoms with Gasteiger partial charge in [0.05, 0.1) is 11.6 Å². The molecule has 2 rings (SSSR count). The molecule has 0 radical (unpaired) electrons. The van der Waals surface area contributed by atoms with Gasteiger partial charge in [-0.1, -0.05) is 6.07 Å². The maximum atomic E-state index is 13.5. The van der Waals surface area contributed by atoms with Crippen LogP contribution in [0.3, 0.4) is 0 Å². The number of carboxylic acid groups (broad SMARTS) is 1. The van der Waals surface area contributed by atoms with E-state index in [-0.39, 0.29) is 18.7 Å². The van der Waals surface area contributed by atoms with Crippen molar-refractivity contribution in [1.29, 1.82) is 0 Å². The highest BCUT2D eigenvalue weighted by atomic mass is 19.1. The lowest BCUT2D eigenvalue weighted by atomic mass is 10.1. The van der Waals surface area contributed by atoms with Crippen LogP contribution in [-0.2, 0) is 9.59 Å². The molecule has 100 valence electrons. The summed E-state index contributed by atoms with van der Waals surface area (Å²) in [6, 6.07) is 3.63. The molecule has 1 heterocycles. The second kappa shape index (κ2) is 4.68. The Morgan fingerprint density at radius 3 is 2.63 bits per heavy atom. The highest BCUT2D eigenvalue weighted by Gasteiger charge is 2.36. The summed E-state index contributed by atoms with van der Waals surface area (Å²) >= 11 is 0. The molecule has 2 amide bonds. The van der Waals surface area contributed by atoms with Crippen molar-refractivity contribution in [3.63, 3.8) is 0 Å². The molecule has 1 fully saturated rings. The second-order valence-corrected chi connectivity index (χ2v) is 4.25. The minimum atomic E-state index is -1.47. The van der Waals surface area contributed by atoms with E-state index < -0.39 is 35.1 Å². The lowest BCUT2D eigenvalue weighted by molar-refractivity contribution is -0.123. The number of carbonyl (C=O) groups is 3. The zero-order chi connectivity index (χ0) is 14.2. The van der Waals surface area contributed by atoms with Crippen molar-refractivity contribution in [1.82, 2.24) is 0 Å². The van der Waals surface area contributed by atoms with Crippen LogP contribution in [0.15, 0.2) is 18.2 Å². The fraction of sp³-hybridized carbons (Fsp3) is 0.250. The lowest BCUT2D eigenvalue weighted by Crippen LogP contribution is -2.29. The predicted molar refractivity (Wildman–Crippen MR) is 63.0 cm³/mol. The lowest BCUT2D eigenvalue weighted by Gasteiger charge is -2.18. The van der Waals surface area contributed by atoms with E-state index in [1.165, 1.54) is 12.1 Å². The number of rotatable bonds is 3. The summed E-state index contributed by atoms with van der Waals surface area (Å²) in [6.45, 7) is -0.0299. The number of anilines is 1. The van der Waals surface area contributed by atoms with Crippen molar-refractivity contribution in [3.8, 4) is 0 Å². The van der Waals surface area contributed by atoms with E-state index in [4.69, 9.17) is 10.8 Å². The minimum absolute atomic E-state index is 0.0299. The molecule has 1 aliphatic heterocycles. The van der Waals surface area contributed by atoms with Gasteiger partial charge in [-0.15, -0.1) is 0 Å². The van der Waals surface area contributed by atoms with Crippen molar-refractivity contribution >= 4 is 23.5 Å². The first-order chi connectivity index (χ1) is 8.91. The number of amides is 2. The summed E-state index contributed by atoms with van der Waals surface area (Å²) in [5.41, 5.74) is 4.48. The SMILES string of the molecule is NC(=O)C1CC(=O)N(c2cccc(F)c2C(=O)O)C1. The van der Waals surface area contributed by atoms with E-state index in [2.05, 4.69) is 0 Å². The first-order valence-electron chi connectivity index (χ1n) is 5.53. The Kier molecular flexibility index (Phi) is 3.20. The van der Waals surface area contributed by atoms with E-state index in [9.17, 15) is 18.8 Å². The van der Waals surface area contributed by atoms with Crippen molar-refractivity contribution in [3.05, 3.63) is 29.6 Å². The number of halogens is 1. The minimum Gasteiger partial charge on any atom is -0.478 e. The molecule has 19 heavy (non-hydrogen) atoms. The van der Waals surface area contributed by atoms with E-state index in [1.807, 2.05) is 0 Å². The van der Waals surface area contributed by atoms with Gasteiger partial charge in [0.15, 0.2) is 0 Å². The van der Waals surface area contributed by atoms with Gasteiger partial charge < -0.3 is 15.7 Å². The summed E-state index contributed by atoms with van der Waals surface area (Å²) in [7, 11) is 0. The number of nitrogens with two attached hydrogens (primary N) is 1. The maximum Gasteiger partial charge on any atom is 0.340 e. The average molecular weight is 266 g/mol. The number of hydrogen-bond donors (Lipinski definition) is 2. The van der Waals surface area contributed by atoms with Crippen LogP contribution in [0.4, 0.5) is 10.1 Å². The Bertz CT molecular complexity index is 573. The standard InChI is InChI=1S/C12H11FN2O4/c13-7-2-1-3-8(10(7)12(18)19)15-5-6(11(14)17)4-9(15)16/h1-3,6H,4-5H2,(H2,14,17)(H,18,19). The molecular weight excluding hydrogens is 255 g/mol. The number of nitrogens with zero attached hydrogens (tertiary/aromatic N) is 1. The molecule has 0 saturated carbocycles. The van der Waals surface area contributed by atoms with Gasteiger partial charge in [0.25, 0.3) is 0 Å². The fourth-order valence-corrected chi connectivity index (χ4v) is 2.08. The number of primary amides is 1. The van der Waals surface area contributed by atoms with Gasteiger partial charge >= 0.3 is 5.97 Å². The average Bonchev–Trinajstić information content (AvgIpc) is 2.70. The molecule has 0 aliphatic carbocycles. The third-order valence-electron chi connectivity index (χ3n) is 3.02. The number of benzene rings is 1. The summed E-state index contributed by atoms with van der Waals surface area (Å²) in [5.74, 6) is -4.16. The van der Waals surface area contributed by atoms with Crippen LogP contribution in [0.25, 0.3) is 0 Å². The Balaban J connectivity index is 2.43.